The van der Waals surface area contributed by atoms with Crippen molar-refractivity contribution >= 4 is 17.0 Å². The first-order valence-electron chi connectivity index (χ1n) is 7.01. The summed E-state index contributed by atoms with van der Waals surface area (Å²) >= 11 is 0. The first-order valence-corrected chi connectivity index (χ1v) is 7.01. The monoisotopic (exact) mass is 258 g/mol. The molecule has 4 nitrogen and oxygen atoms in total. The first kappa shape index (κ1) is 13.7. The van der Waals surface area contributed by atoms with E-state index in [1.807, 2.05) is 24.3 Å². The summed E-state index contributed by atoms with van der Waals surface area (Å²) in [6.45, 7) is 6.68. The Morgan fingerprint density at radius 3 is 2.47 bits per heavy atom. The molecule has 1 atom stereocenters. The van der Waals surface area contributed by atoms with Crippen LogP contribution in [0.4, 0.5) is 5.95 Å². The summed E-state index contributed by atoms with van der Waals surface area (Å²) in [4.78, 5) is 4.47. The van der Waals surface area contributed by atoms with Crippen molar-refractivity contribution in [3.63, 3.8) is 0 Å². The summed E-state index contributed by atoms with van der Waals surface area (Å²) in [5.74, 6) is 1.39. The lowest BCUT2D eigenvalue weighted by Gasteiger charge is -2.14. The molecule has 4 heteroatoms. The average Bonchev–Trinajstić information content (AvgIpc) is 2.38. The molecule has 1 aromatic carbocycles. The van der Waals surface area contributed by atoms with Crippen LogP contribution < -0.4 is 5.32 Å². The standard InChI is InChI=1S/C15H22N4/c1-11(2)7-6-8-12(3)16-15-17-13-9-4-5-10-14(13)18-19-15/h4-5,9-12H,6-8H2,1-3H3,(H,16,17,19). The van der Waals surface area contributed by atoms with E-state index in [4.69, 9.17) is 0 Å². The first-order chi connectivity index (χ1) is 9.15. The van der Waals surface area contributed by atoms with Gasteiger partial charge in [0.1, 0.15) is 5.52 Å². The van der Waals surface area contributed by atoms with Crippen LogP contribution in [0.15, 0.2) is 24.3 Å². The van der Waals surface area contributed by atoms with Crippen molar-refractivity contribution in [1.82, 2.24) is 15.2 Å². The lowest BCUT2D eigenvalue weighted by molar-refractivity contribution is 0.519. The zero-order chi connectivity index (χ0) is 13.7. The minimum absolute atomic E-state index is 0.377. The highest BCUT2D eigenvalue weighted by molar-refractivity contribution is 5.74. The maximum absolute atomic E-state index is 4.47. The molecule has 0 saturated carbocycles. The quantitative estimate of drug-likeness (QED) is 0.859. The van der Waals surface area contributed by atoms with Crippen molar-refractivity contribution in [2.45, 2.75) is 46.1 Å². The van der Waals surface area contributed by atoms with Crippen LogP contribution in [-0.4, -0.2) is 21.2 Å². The van der Waals surface area contributed by atoms with Gasteiger partial charge in [0.2, 0.25) is 5.95 Å². The summed E-state index contributed by atoms with van der Waals surface area (Å²) in [5, 5.41) is 11.6. The fraction of sp³-hybridized carbons (Fsp3) is 0.533. The topological polar surface area (TPSA) is 50.7 Å². The SMILES string of the molecule is CC(C)CCCC(C)Nc1nnc2ccccc2n1. The van der Waals surface area contributed by atoms with Crippen molar-refractivity contribution in [1.29, 1.82) is 0 Å². The summed E-state index contributed by atoms with van der Waals surface area (Å²) < 4.78 is 0. The Bertz CT molecular complexity index is 524. The Labute approximate surface area is 114 Å². The number of para-hydroxylation sites is 1. The van der Waals surface area contributed by atoms with Gasteiger partial charge >= 0.3 is 0 Å². The number of anilines is 1. The molecule has 0 amide bonds. The second-order valence-electron chi connectivity index (χ2n) is 5.49. The van der Waals surface area contributed by atoms with Crippen LogP contribution in [0.5, 0.6) is 0 Å². The van der Waals surface area contributed by atoms with Gasteiger partial charge < -0.3 is 5.32 Å². The van der Waals surface area contributed by atoms with E-state index in [1.165, 1.54) is 12.8 Å². The molecule has 0 aliphatic rings. The number of benzene rings is 1. The number of rotatable bonds is 6. The Kier molecular flexibility index (Phi) is 4.66. The Balaban J connectivity index is 1.93. The fourth-order valence-electron chi connectivity index (χ4n) is 2.07. The van der Waals surface area contributed by atoms with E-state index in [-0.39, 0.29) is 0 Å². The Morgan fingerprint density at radius 1 is 1.00 bits per heavy atom. The summed E-state index contributed by atoms with van der Waals surface area (Å²) in [6.07, 6.45) is 3.63. The second kappa shape index (κ2) is 6.45. The van der Waals surface area contributed by atoms with Crippen LogP contribution in [0.2, 0.25) is 0 Å². The van der Waals surface area contributed by atoms with Crippen LogP contribution in [0.25, 0.3) is 11.0 Å². The highest BCUT2D eigenvalue weighted by atomic mass is 15.2. The molecule has 0 saturated heterocycles. The van der Waals surface area contributed by atoms with Gasteiger partial charge in [-0.3, -0.25) is 0 Å². The summed E-state index contributed by atoms with van der Waals surface area (Å²) in [7, 11) is 0. The van der Waals surface area contributed by atoms with Crippen molar-refractivity contribution < 1.29 is 0 Å². The highest BCUT2D eigenvalue weighted by Gasteiger charge is 2.06. The van der Waals surface area contributed by atoms with Gasteiger partial charge in [-0.2, -0.15) is 0 Å². The number of hydrogen-bond donors (Lipinski definition) is 1. The molecule has 0 spiro atoms. The smallest absolute Gasteiger partial charge is 0.243 e. The molecule has 2 rings (SSSR count). The molecule has 0 aliphatic carbocycles. The van der Waals surface area contributed by atoms with Gasteiger partial charge in [0.05, 0.1) is 5.52 Å². The molecular formula is C15H22N4. The molecule has 0 fully saturated rings. The van der Waals surface area contributed by atoms with E-state index in [0.29, 0.717) is 12.0 Å². The average molecular weight is 258 g/mol. The molecule has 1 unspecified atom stereocenters. The van der Waals surface area contributed by atoms with Crippen molar-refractivity contribution in [3.05, 3.63) is 24.3 Å². The van der Waals surface area contributed by atoms with E-state index in [2.05, 4.69) is 41.3 Å². The lowest BCUT2D eigenvalue weighted by atomic mass is 10.0. The highest BCUT2D eigenvalue weighted by Crippen LogP contribution is 2.12. The molecule has 1 aromatic heterocycles. The molecule has 0 radical (unpaired) electrons. The minimum Gasteiger partial charge on any atom is -0.350 e. The van der Waals surface area contributed by atoms with Crippen LogP contribution in [-0.2, 0) is 0 Å². The molecular weight excluding hydrogens is 236 g/mol. The van der Waals surface area contributed by atoms with E-state index in [9.17, 15) is 0 Å². The third kappa shape index (κ3) is 4.16. The van der Waals surface area contributed by atoms with Gasteiger partial charge in [-0.25, -0.2) is 4.98 Å². The molecule has 0 bridgehead atoms. The normalized spacial score (nSPS) is 12.8. The summed E-state index contributed by atoms with van der Waals surface area (Å²) in [5.41, 5.74) is 1.72. The number of fused-ring (bicyclic) bond motifs is 1. The molecule has 0 aliphatic heterocycles. The van der Waals surface area contributed by atoms with Crippen LogP contribution in [0, 0.1) is 5.92 Å². The van der Waals surface area contributed by atoms with Crippen LogP contribution in [0.3, 0.4) is 0 Å². The zero-order valence-electron chi connectivity index (χ0n) is 11.9. The van der Waals surface area contributed by atoms with Gasteiger partial charge in [-0.1, -0.05) is 38.8 Å². The number of nitrogens with one attached hydrogen (secondary N) is 1. The molecule has 19 heavy (non-hydrogen) atoms. The second-order valence-corrected chi connectivity index (χ2v) is 5.49. The predicted molar refractivity (Wildman–Crippen MR) is 79.1 cm³/mol. The van der Waals surface area contributed by atoms with Gasteiger partial charge in [0.25, 0.3) is 0 Å². The van der Waals surface area contributed by atoms with Crippen LogP contribution in [0.1, 0.15) is 40.0 Å². The number of aromatic nitrogens is 3. The van der Waals surface area contributed by atoms with Crippen molar-refractivity contribution in [3.8, 4) is 0 Å². The molecule has 102 valence electrons. The van der Waals surface area contributed by atoms with E-state index in [1.54, 1.807) is 0 Å². The maximum Gasteiger partial charge on any atom is 0.243 e. The largest absolute Gasteiger partial charge is 0.350 e. The maximum atomic E-state index is 4.47. The molecule has 1 N–H and O–H groups in total. The lowest BCUT2D eigenvalue weighted by Crippen LogP contribution is -2.17. The van der Waals surface area contributed by atoms with Crippen molar-refractivity contribution in [2.75, 3.05) is 5.32 Å². The Hall–Kier alpha value is -1.71. The minimum atomic E-state index is 0.377. The molecule has 1 heterocycles. The van der Waals surface area contributed by atoms with Gasteiger partial charge in [-0.15, -0.1) is 10.2 Å². The van der Waals surface area contributed by atoms with E-state index in [0.717, 1.165) is 23.4 Å². The fourth-order valence-corrected chi connectivity index (χ4v) is 2.07. The van der Waals surface area contributed by atoms with Gasteiger partial charge in [0, 0.05) is 6.04 Å². The van der Waals surface area contributed by atoms with E-state index >= 15 is 0 Å². The van der Waals surface area contributed by atoms with Crippen LogP contribution >= 0.6 is 0 Å². The molecule has 2 aromatic rings. The number of hydrogen-bond acceptors (Lipinski definition) is 4. The Morgan fingerprint density at radius 2 is 1.74 bits per heavy atom. The predicted octanol–water partition coefficient (Wildman–Crippen LogP) is 3.65. The van der Waals surface area contributed by atoms with Gasteiger partial charge in [0.15, 0.2) is 0 Å². The third-order valence-electron chi connectivity index (χ3n) is 3.15. The number of nitrogens with zero attached hydrogens (tertiary/aromatic N) is 3. The van der Waals surface area contributed by atoms with E-state index < -0.39 is 0 Å². The van der Waals surface area contributed by atoms with Crippen molar-refractivity contribution in [2.24, 2.45) is 5.92 Å². The zero-order valence-corrected chi connectivity index (χ0v) is 11.9. The van der Waals surface area contributed by atoms with Gasteiger partial charge in [-0.05, 0) is 31.4 Å². The third-order valence-corrected chi connectivity index (χ3v) is 3.15. The summed E-state index contributed by atoms with van der Waals surface area (Å²) in [6, 6.07) is 8.17.